The van der Waals surface area contributed by atoms with Crippen molar-refractivity contribution in [2.45, 2.75) is 45.8 Å². The van der Waals surface area contributed by atoms with E-state index in [9.17, 15) is 4.39 Å². The van der Waals surface area contributed by atoms with E-state index < -0.39 is 24.1 Å². The highest BCUT2D eigenvalue weighted by Crippen LogP contribution is 2.37. The fourth-order valence-corrected chi connectivity index (χ4v) is 2.15. The first-order valence-electron chi connectivity index (χ1n) is 6.95. The summed E-state index contributed by atoms with van der Waals surface area (Å²) in [5.41, 5.74) is -0.0312. The van der Waals surface area contributed by atoms with E-state index in [2.05, 4.69) is 0 Å². The van der Waals surface area contributed by atoms with Crippen molar-refractivity contribution in [1.82, 2.24) is 0 Å². The van der Waals surface area contributed by atoms with E-state index in [4.69, 9.17) is 18.8 Å². The van der Waals surface area contributed by atoms with E-state index >= 15 is 0 Å². The van der Waals surface area contributed by atoms with Crippen LogP contribution in [0.1, 0.15) is 33.3 Å². The van der Waals surface area contributed by atoms with Crippen molar-refractivity contribution in [1.29, 1.82) is 0 Å². The van der Waals surface area contributed by atoms with Gasteiger partial charge in [-0.3, -0.25) is 0 Å². The average molecular weight is 296 g/mol. The lowest BCUT2D eigenvalue weighted by Crippen LogP contribution is -2.41. The summed E-state index contributed by atoms with van der Waals surface area (Å²) in [7, 11) is 0.711. The Morgan fingerprint density at radius 3 is 2.24 bits per heavy atom. The molecule has 2 rings (SSSR count). The van der Waals surface area contributed by atoms with E-state index in [1.165, 1.54) is 13.2 Å². The zero-order valence-corrected chi connectivity index (χ0v) is 13.5. The van der Waals surface area contributed by atoms with Crippen LogP contribution in [0.25, 0.3) is 0 Å². The fraction of sp³-hybridized carbons (Fsp3) is 0.600. The van der Waals surface area contributed by atoms with E-state index in [0.717, 1.165) is 5.56 Å². The molecule has 1 aromatic carbocycles. The number of benzene rings is 1. The van der Waals surface area contributed by atoms with Gasteiger partial charge in [0.05, 0.1) is 16.7 Å². The predicted molar refractivity (Wildman–Crippen MR) is 79.4 cm³/mol. The van der Waals surface area contributed by atoms with Gasteiger partial charge in [0.15, 0.2) is 6.79 Å². The van der Waals surface area contributed by atoms with Gasteiger partial charge < -0.3 is 18.8 Å². The standard InChI is InChI=1S/C15H22BFO4/c1-10-7-11(17)13(12(8-10)19-9-18-6)16-20-14(2,3)15(4,5)21-16/h7-8H,9H2,1-6H3. The van der Waals surface area contributed by atoms with E-state index in [1.807, 2.05) is 27.7 Å². The molecule has 0 N–H and O–H groups in total. The third-order valence-corrected chi connectivity index (χ3v) is 4.06. The SMILES string of the molecule is COCOc1cc(C)cc(F)c1B1OC(C)(C)C(C)(C)O1. The van der Waals surface area contributed by atoms with Gasteiger partial charge in [-0.15, -0.1) is 0 Å². The summed E-state index contributed by atoms with van der Waals surface area (Å²) in [6, 6.07) is 3.20. The molecule has 21 heavy (non-hydrogen) atoms. The molecule has 1 aromatic rings. The van der Waals surface area contributed by atoms with Crippen molar-refractivity contribution < 1.29 is 23.2 Å². The van der Waals surface area contributed by atoms with Crippen molar-refractivity contribution in [3.63, 3.8) is 0 Å². The summed E-state index contributed by atoms with van der Waals surface area (Å²) in [6.07, 6.45) is 0. The molecule has 0 aliphatic carbocycles. The van der Waals surface area contributed by atoms with Crippen LogP contribution < -0.4 is 10.2 Å². The van der Waals surface area contributed by atoms with Gasteiger partial charge in [-0.25, -0.2) is 4.39 Å². The van der Waals surface area contributed by atoms with Crippen molar-refractivity contribution in [2.24, 2.45) is 0 Å². The van der Waals surface area contributed by atoms with Crippen LogP contribution in [0.2, 0.25) is 0 Å². The van der Waals surface area contributed by atoms with Gasteiger partial charge in [-0.2, -0.15) is 0 Å². The third kappa shape index (κ3) is 3.07. The topological polar surface area (TPSA) is 36.9 Å². The lowest BCUT2D eigenvalue weighted by Gasteiger charge is -2.32. The highest BCUT2D eigenvalue weighted by molar-refractivity contribution is 6.63. The van der Waals surface area contributed by atoms with E-state index in [0.29, 0.717) is 5.75 Å². The third-order valence-electron chi connectivity index (χ3n) is 4.06. The first kappa shape index (κ1) is 16.3. The molecule has 1 aliphatic rings. The molecule has 116 valence electrons. The molecule has 0 unspecified atom stereocenters. The largest absolute Gasteiger partial charge is 0.501 e. The summed E-state index contributed by atoms with van der Waals surface area (Å²) in [4.78, 5) is 0. The van der Waals surface area contributed by atoms with Crippen molar-refractivity contribution >= 4 is 12.6 Å². The number of ether oxygens (including phenoxy) is 2. The van der Waals surface area contributed by atoms with Crippen LogP contribution in [-0.2, 0) is 14.0 Å². The fourth-order valence-electron chi connectivity index (χ4n) is 2.15. The minimum atomic E-state index is -0.803. The second-order valence-electron chi connectivity index (χ2n) is 6.30. The minimum absolute atomic E-state index is 0.0371. The lowest BCUT2D eigenvalue weighted by atomic mass is 9.77. The molecule has 1 saturated heterocycles. The summed E-state index contributed by atoms with van der Waals surface area (Å²) in [5.74, 6) is -0.0209. The second-order valence-corrected chi connectivity index (χ2v) is 6.30. The van der Waals surface area contributed by atoms with Crippen LogP contribution in [0.3, 0.4) is 0 Å². The molecular weight excluding hydrogens is 274 g/mol. The van der Waals surface area contributed by atoms with Gasteiger partial charge in [-0.1, -0.05) is 0 Å². The van der Waals surface area contributed by atoms with Crippen LogP contribution in [0.4, 0.5) is 4.39 Å². The Morgan fingerprint density at radius 2 is 1.71 bits per heavy atom. The summed E-state index contributed by atoms with van der Waals surface area (Å²) >= 11 is 0. The van der Waals surface area contributed by atoms with Gasteiger partial charge in [0.2, 0.25) is 0 Å². The predicted octanol–water partition coefficient (Wildman–Crippen LogP) is 2.42. The Hall–Kier alpha value is -1.11. The maximum atomic E-state index is 14.4. The van der Waals surface area contributed by atoms with Crippen LogP contribution in [0.15, 0.2) is 12.1 Å². The van der Waals surface area contributed by atoms with Crippen molar-refractivity contribution in [2.75, 3.05) is 13.9 Å². The summed E-state index contributed by atoms with van der Waals surface area (Å²) in [6.45, 7) is 9.54. The van der Waals surface area contributed by atoms with Crippen LogP contribution in [0.5, 0.6) is 5.75 Å². The van der Waals surface area contributed by atoms with Crippen molar-refractivity contribution in [3.8, 4) is 5.75 Å². The normalized spacial score (nSPS) is 19.9. The number of halogens is 1. The second kappa shape index (κ2) is 5.59. The smallest absolute Gasteiger partial charge is 0.468 e. The molecule has 0 aromatic heterocycles. The molecule has 1 fully saturated rings. The number of hydrogen-bond acceptors (Lipinski definition) is 4. The molecule has 0 atom stereocenters. The van der Waals surface area contributed by atoms with E-state index in [-0.39, 0.29) is 12.3 Å². The van der Waals surface area contributed by atoms with E-state index in [1.54, 1.807) is 13.0 Å². The van der Waals surface area contributed by atoms with Crippen LogP contribution in [-0.4, -0.2) is 32.2 Å². The quantitative estimate of drug-likeness (QED) is 0.631. The van der Waals surface area contributed by atoms with Gasteiger partial charge in [0, 0.05) is 7.11 Å². The minimum Gasteiger partial charge on any atom is -0.468 e. The highest BCUT2D eigenvalue weighted by Gasteiger charge is 2.53. The molecule has 0 radical (unpaired) electrons. The average Bonchev–Trinajstić information content (AvgIpc) is 2.54. The van der Waals surface area contributed by atoms with Gasteiger partial charge in [-0.05, 0) is 52.3 Å². The zero-order valence-electron chi connectivity index (χ0n) is 13.5. The Morgan fingerprint density at radius 1 is 1.14 bits per heavy atom. The number of hydrogen-bond donors (Lipinski definition) is 0. The molecule has 0 bridgehead atoms. The Labute approximate surface area is 125 Å². The molecule has 0 spiro atoms. The van der Waals surface area contributed by atoms with Crippen LogP contribution >= 0.6 is 0 Å². The monoisotopic (exact) mass is 296 g/mol. The zero-order chi connectivity index (χ0) is 15.8. The Bertz CT molecular complexity index is 515. The molecule has 4 nitrogen and oxygen atoms in total. The number of aryl methyl sites for hydroxylation is 1. The maximum absolute atomic E-state index is 14.4. The maximum Gasteiger partial charge on any atom is 0.501 e. The summed E-state index contributed by atoms with van der Waals surface area (Å²) < 4.78 is 36.6. The number of methoxy groups -OCH3 is 1. The van der Waals surface area contributed by atoms with Gasteiger partial charge >= 0.3 is 7.12 Å². The van der Waals surface area contributed by atoms with Crippen LogP contribution in [0, 0.1) is 12.7 Å². The molecule has 1 heterocycles. The molecule has 0 saturated carbocycles. The van der Waals surface area contributed by atoms with Crippen molar-refractivity contribution in [3.05, 3.63) is 23.5 Å². The Balaban J connectivity index is 2.40. The first-order valence-corrected chi connectivity index (χ1v) is 6.95. The Kier molecular flexibility index (Phi) is 4.33. The van der Waals surface area contributed by atoms with Gasteiger partial charge in [0.1, 0.15) is 11.6 Å². The van der Waals surface area contributed by atoms with Gasteiger partial charge in [0.25, 0.3) is 0 Å². The lowest BCUT2D eigenvalue weighted by molar-refractivity contribution is 0.00578. The molecular formula is C15H22BFO4. The highest BCUT2D eigenvalue weighted by atomic mass is 19.1. The molecule has 6 heteroatoms. The summed E-state index contributed by atoms with van der Waals surface area (Å²) in [5, 5.41) is 0. The first-order chi connectivity index (χ1) is 9.68. The molecule has 0 amide bonds. The molecule has 1 aliphatic heterocycles. The number of rotatable bonds is 4.